The largest absolute Gasteiger partial charge is 0.467 e. The minimum atomic E-state index is -0.331. The number of nitrogens with zero attached hydrogens (tertiary/aromatic N) is 1. The summed E-state index contributed by atoms with van der Waals surface area (Å²) in [5.74, 6) is -0.168. The zero-order valence-electron chi connectivity index (χ0n) is 17.2. The predicted molar refractivity (Wildman–Crippen MR) is 110 cm³/mol. The number of anilines is 1. The number of para-hydroxylation sites is 1. The van der Waals surface area contributed by atoms with E-state index in [4.69, 9.17) is 4.42 Å². The molecule has 2 rings (SSSR count). The maximum atomic E-state index is 12.5. The van der Waals surface area contributed by atoms with Gasteiger partial charge >= 0.3 is 0 Å². The Hall–Kier alpha value is -3.13. The highest BCUT2D eigenvalue weighted by atomic mass is 16.3. The Morgan fingerprint density at radius 1 is 1.00 bits per heavy atom. The molecule has 0 saturated heterocycles. The van der Waals surface area contributed by atoms with Crippen LogP contribution in [0.1, 0.15) is 36.9 Å². The third-order valence-corrected chi connectivity index (χ3v) is 3.79. The standard InChI is InChI=1S/C21H28N4O4/c1-21(2,3)24-19(27)14-25(4)13-18(26)23-17-10-6-5-9-16(17)20(28)22-12-15-8-7-11-29-15/h5-11H,12-14H2,1-4H3,(H,22,28)(H,23,26)(H,24,27). The molecule has 0 aliphatic carbocycles. The molecular weight excluding hydrogens is 372 g/mol. The third kappa shape index (κ3) is 7.79. The van der Waals surface area contributed by atoms with E-state index in [2.05, 4.69) is 16.0 Å². The van der Waals surface area contributed by atoms with Crippen LogP contribution in [0, 0.1) is 0 Å². The second-order valence-corrected chi connectivity index (χ2v) is 7.83. The lowest BCUT2D eigenvalue weighted by Gasteiger charge is -2.23. The van der Waals surface area contributed by atoms with Crippen molar-refractivity contribution in [3.05, 3.63) is 54.0 Å². The van der Waals surface area contributed by atoms with Gasteiger partial charge in [-0.15, -0.1) is 0 Å². The quantitative estimate of drug-likeness (QED) is 0.629. The van der Waals surface area contributed by atoms with Gasteiger partial charge in [0.1, 0.15) is 5.76 Å². The number of amides is 3. The number of nitrogens with one attached hydrogen (secondary N) is 3. The summed E-state index contributed by atoms with van der Waals surface area (Å²) < 4.78 is 5.20. The highest BCUT2D eigenvalue weighted by Crippen LogP contribution is 2.15. The minimum absolute atomic E-state index is 0.0138. The molecule has 1 aromatic carbocycles. The smallest absolute Gasteiger partial charge is 0.253 e. The van der Waals surface area contributed by atoms with Gasteiger partial charge in [0.05, 0.1) is 37.1 Å². The summed E-state index contributed by atoms with van der Waals surface area (Å²) in [6.45, 7) is 6.04. The lowest BCUT2D eigenvalue weighted by molar-refractivity contribution is -0.124. The van der Waals surface area contributed by atoms with Crippen LogP contribution in [0.15, 0.2) is 47.1 Å². The van der Waals surface area contributed by atoms with E-state index in [0.29, 0.717) is 17.0 Å². The molecule has 3 amide bonds. The van der Waals surface area contributed by atoms with Crippen LogP contribution in [-0.4, -0.2) is 48.3 Å². The van der Waals surface area contributed by atoms with Gasteiger partial charge in [-0.1, -0.05) is 12.1 Å². The Morgan fingerprint density at radius 2 is 1.69 bits per heavy atom. The summed E-state index contributed by atoms with van der Waals surface area (Å²) in [5, 5.41) is 8.35. The Morgan fingerprint density at radius 3 is 2.34 bits per heavy atom. The number of benzene rings is 1. The number of hydrogen-bond acceptors (Lipinski definition) is 5. The zero-order valence-corrected chi connectivity index (χ0v) is 17.2. The number of furan rings is 1. The maximum Gasteiger partial charge on any atom is 0.253 e. The van der Waals surface area contributed by atoms with Crippen molar-refractivity contribution in [1.82, 2.24) is 15.5 Å². The first-order valence-electron chi connectivity index (χ1n) is 9.33. The van der Waals surface area contributed by atoms with Gasteiger partial charge in [-0.05, 0) is 52.1 Å². The van der Waals surface area contributed by atoms with Crippen LogP contribution >= 0.6 is 0 Å². The molecule has 1 heterocycles. The van der Waals surface area contributed by atoms with Crippen molar-refractivity contribution in [2.24, 2.45) is 0 Å². The Bertz CT molecular complexity index is 841. The van der Waals surface area contributed by atoms with E-state index in [1.807, 2.05) is 20.8 Å². The molecule has 0 bridgehead atoms. The van der Waals surface area contributed by atoms with E-state index in [0.717, 1.165) is 0 Å². The van der Waals surface area contributed by atoms with Gasteiger partial charge < -0.3 is 20.4 Å². The molecule has 0 aliphatic heterocycles. The average Bonchev–Trinajstić information content (AvgIpc) is 3.11. The van der Waals surface area contributed by atoms with Crippen LogP contribution in [0.3, 0.4) is 0 Å². The van der Waals surface area contributed by atoms with Crippen molar-refractivity contribution in [1.29, 1.82) is 0 Å². The number of hydrogen-bond donors (Lipinski definition) is 3. The molecule has 0 radical (unpaired) electrons. The van der Waals surface area contributed by atoms with Gasteiger partial charge in [0.15, 0.2) is 0 Å². The Kier molecular flexibility index (Phi) is 7.55. The molecule has 3 N–H and O–H groups in total. The Labute approximate surface area is 170 Å². The van der Waals surface area contributed by atoms with Crippen LogP contribution in [0.25, 0.3) is 0 Å². The molecule has 0 atom stereocenters. The molecule has 2 aromatic rings. The number of carbonyl (C=O) groups excluding carboxylic acids is 3. The van der Waals surface area contributed by atoms with Crippen LogP contribution < -0.4 is 16.0 Å². The van der Waals surface area contributed by atoms with Crippen molar-refractivity contribution in [3.8, 4) is 0 Å². The van der Waals surface area contributed by atoms with E-state index in [1.165, 1.54) is 6.26 Å². The molecule has 8 heteroatoms. The first-order chi connectivity index (χ1) is 13.6. The Balaban J connectivity index is 1.91. The fourth-order valence-corrected chi connectivity index (χ4v) is 2.66. The number of carbonyl (C=O) groups is 3. The SMILES string of the molecule is CN(CC(=O)Nc1ccccc1C(=O)NCc1ccco1)CC(=O)NC(C)(C)C. The van der Waals surface area contributed by atoms with Gasteiger partial charge in [0.2, 0.25) is 11.8 Å². The first-order valence-corrected chi connectivity index (χ1v) is 9.33. The van der Waals surface area contributed by atoms with Crippen molar-refractivity contribution >= 4 is 23.4 Å². The van der Waals surface area contributed by atoms with E-state index < -0.39 is 0 Å². The van der Waals surface area contributed by atoms with Crippen LogP contribution in [0.5, 0.6) is 0 Å². The topological polar surface area (TPSA) is 104 Å². The molecule has 156 valence electrons. The monoisotopic (exact) mass is 400 g/mol. The van der Waals surface area contributed by atoms with Crippen molar-refractivity contribution < 1.29 is 18.8 Å². The first kappa shape index (κ1) is 22.2. The van der Waals surface area contributed by atoms with E-state index in [9.17, 15) is 14.4 Å². The van der Waals surface area contributed by atoms with Crippen LogP contribution in [-0.2, 0) is 16.1 Å². The summed E-state index contributed by atoms with van der Waals surface area (Å²) in [4.78, 5) is 38.4. The fraction of sp³-hybridized carbons (Fsp3) is 0.381. The molecule has 0 unspecified atom stereocenters. The molecule has 0 saturated carbocycles. The van der Waals surface area contributed by atoms with Gasteiger partial charge in [-0.3, -0.25) is 19.3 Å². The third-order valence-electron chi connectivity index (χ3n) is 3.79. The summed E-state index contributed by atoms with van der Waals surface area (Å²) in [6.07, 6.45) is 1.54. The number of likely N-dealkylation sites (N-methyl/N-ethyl adjacent to an activating group) is 1. The maximum absolute atomic E-state index is 12.5. The minimum Gasteiger partial charge on any atom is -0.467 e. The molecule has 0 spiro atoms. The summed E-state index contributed by atoms with van der Waals surface area (Å²) >= 11 is 0. The summed E-state index contributed by atoms with van der Waals surface area (Å²) in [5.41, 5.74) is 0.421. The van der Waals surface area contributed by atoms with Gasteiger partial charge in [-0.2, -0.15) is 0 Å². The highest BCUT2D eigenvalue weighted by molar-refractivity contribution is 6.04. The van der Waals surface area contributed by atoms with Crippen LogP contribution in [0.2, 0.25) is 0 Å². The molecule has 1 aromatic heterocycles. The van der Waals surface area contributed by atoms with Gasteiger partial charge in [0.25, 0.3) is 5.91 Å². The summed E-state index contributed by atoms with van der Waals surface area (Å²) in [7, 11) is 1.68. The molecule has 8 nitrogen and oxygen atoms in total. The van der Waals surface area contributed by atoms with Crippen LogP contribution in [0.4, 0.5) is 5.69 Å². The van der Waals surface area contributed by atoms with Gasteiger partial charge in [0, 0.05) is 5.54 Å². The van der Waals surface area contributed by atoms with Gasteiger partial charge in [-0.25, -0.2) is 0 Å². The lowest BCUT2D eigenvalue weighted by Crippen LogP contribution is -2.46. The van der Waals surface area contributed by atoms with E-state index >= 15 is 0 Å². The molecule has 0 aliphatic rings. The summed E-state index contributed by atoms with van der Waals surface area (Å²) in [6, 6.07) is 10.3. The normalized spacial score (nSPS) is 11.2. The molecule has 29 heavy (non-hydrogen) atoms. The van der Waals surface area contributed by atoms with E-state index in [-0.39, 0.29) is 42.9 Å². The van der Waals surface area contributed by atoms with Crippen molar-refractivity contribution in [2.75, 3.05) is 25.5 Å². The second-order valence-electron chi connectivity index (χ2n) is 7.83. The average molecular weight is 400 g/mol. The lowest BCUT2D eigenvalue weighted by atomic mass is 10.1. The molecular formula is C21H28N4O4. The fourth-order valence-electron chi connectivity index (χ4n) is 2.66. The second kappa shape index (κ2) is 9.88. The molecule has 0 fully saturated rings. The zero-order chi connectivity index (χ0) is 21.4. The van der Waals surface area contributed by atoms with Crippen molar-refractivity contribution in [3.63, 3.8) is 0 Å². The number of rotatable bonds is 8. The van der Waals surface area contributed by atoms with E-state index in [1.54, 1.807) is 48.3 Å². The predicted octanol–water partition coefficient (Wildman–Crippen LogP) is 1.99. The highest BCUT2D eigenvalue weighted by Gasteiger charge is 2.18. The van der Waals surface area contributed by atoms with Crippen molar-refractivity contribution in [2.45, 2.75) is 32.9 Å².